The highest BCUT2D eigenvalue weighted by atomic mass is 35.5. The number of aromatic nitrogens is 3. The minimum Gasteiger partial charge on any atom is -0.340 e. The molecule has 2 aromatic heterocycles. The van der Waals surface area contributed by atoms with E-state index in [1.54, 1.807) is 0 Å². The number of fused-ring (bicyclic) bond motifs is 1. The Morgan fingerprint density at radius 3 is 2.41 bits per heavy atom. The van der Waals surface area contributed by atoms with Crippen LogP contribution in [-0.4, -0.2) is 14.6 Å². The summed E-state index contributed by atoms with van der Waals surface area (Å²) in [6.07, 6.45) is 3.53. The normalized spacial score (nSPS) is 11.8. The van der Waals surface area contributed by atoms with E-state index in [1.165, 1.54) is 18.4 Å². The zero-order chi connectivity index (χ0) is 22.9. The molecule has 4 nitrogen and oxygen atoms in total. The van der Waals surface area contributed by atoms with E-state index < -0.39 is 0 Å². The highest BCUT2D eigenvalue weighted by Gasteiger charge is 2.23. The molecule has 0 unspecified atom stereocenters. The van der Waals surface area contributed by atoms with Gasteiger partial charge < -0.3 is 5.32 Å². The SMILES string of the molecule is CCCCc1ccc(Nc2cc(C(C)(C)C)nc3c(-c4ccccc4Cl)c(C)nn23)cc1. The maximum Gasteiger partial charge on any atom is 0.165 e. The van der Waals surface area contributed by atoms with Crippen molar-refractivity contribution in [3.8, 4) is 11.1 Å². The Morgan fingerprint density at radius 2 is 1.75 bits per heavy atom. The molecule has 0 aliphatic rings. The van der Waals surface area contributed by atoms with Crippen LogP contribution in [0.3, 0.4) is 0 Å². The second-order valence-electron chi connectivity index (χ2n) is 9.38. The number of unbranched alkanes of at least 4 members (excludes halogenated alkanes) is 1. The Balaban J connectivity index is 1.83. The first kappa shape index (κ1) is 22.3. The number of aryl methyl sites for hydroxylation is 2. The molecular weight excluding hydrogens is 416 g/mol. The van der Waals surface area contributed by atoms with E-state index >= 15 is 0 Å². The Bertz CT molecular complexity index is 1230. The molecule has 2 aromatic carbocycles. The van der Waals surface area contributed by atoms with Gasteiger partial charge in [0.15, 0.2) is 5.65 Å². The molecule has 0 saturated carbocycles. The first-order valence-electron chi connectivity index (χ1n) is 11.3. The van der Waals surface area contributed by atoms with Gasteiger partial charge in [0, 0.05) is 27.8 Å². The number of rotatable bonds is 6. The quantitative estimate of drug-likeness (QED) is 0.329. The van der Waals surface area contributed by atoms with Crippen molar-refractivity contribution in [2.75, 3.05) is 5.32 Å². The second kappa shape index (κ2) is 8.95. The van der Waals surface area contributed by atoms with Gasteiger partial charge in [-0.15, -0.1) is 0 Å². The molecule has 1 N–H and O–H groups in total. The zero-order valence-electron chi connectivity index (χ0n) is 19.5. The van der Waals surface area contributed by atoms with Crippen LogP contribution in [0.15, 0.2) is 54.6 Å². The molecule has 0 saturated heterocycles. The Labute approximate surface area is 195 Å². The summed E-state index contributed by atoms with van der Waals surface area (Å²) in [5.41, 5.74) is 6.91. The van der Waals surface area contributed by atoms with Gasteiger partial charge in [-0.1, -0.05) is 76.0 Å². The van der Waals surface area contributed by atoms with Crippen LogP contribution in [0.2, 0.25) is 5.02 Å². The molecule has 166 valence electrons. The molecule has 0 bridgehead atoms. The van der Waals surface area contributed by atoms with Crippen molar-refractivity contribution < 1.29 is 0 Å². The van der Waals surface area contributed by atoms with Crippen LogP contribution in [0.5, 0.6) is 0 Å². The lowest BCUT2D eigenvalue weighted by Gasteiger charge is -2.20. The summed E-state index contributed by atoms with van der Waals surface area (Å²) >= 11 is 6.56. The highest BCUT2D eigenvalue weighted by molar-refractivity contribution is 6.33. The maximum atomic E-state index is 6.56. The smallest absolute Gasteiger partial charge is 0.165 e. The minimum atomic E-state index is -0.113. The average Bonchev–Trinajstić information content (AvgIpc) is 3.09. The molecule has 32 heavy (non-hydrogen) atoms. The molecule has 4 rings (SSSR count). The fraction of sp³-hybridized carbons (Fsp3) is 0.333. The summed E-state index contributed by atoms with van der Waals surface area (Å²) in [5.74, 6) is 0.891. The van der Waals surface area contributed by atoms with E-state index in [1.807, 2.05) is 35.7 Å². The Kier molecular flexibility index (Phi) is 6.25. The summed E-state index contributed by atoms with van der Waals surface area (Å²) in [7, 11) is 0. The summed E-state index contributed by atoms with van der Waals surface area (Å²) in [6.45, 7) is 10.8. The van der Waals surface area contributed by atoms with Crippen molar-refractivity contribution in [2.24, 2.45) is 0 Å². The number of anilines is 2. The second-order valence-corrected chi connectivity index (χ2v) is 9.78. The predicted octanol–water partition coefficient (Wildman–Crippen LogP) is 7.74. The van der Waals surface area contributed by atoms with Gasteiger partial charge in [-0.05, 0) is 43.5 Å². The molecule has 0 amide bonds. The predicted molar refractivity (Wildman–Crippen MR) is 135 cm³/mol. The Hall–Kier alpha value is -2.85. The minimum absolute atomic E-state index is 0.113. The van der Waals surface area contributed by atoms with Crippen LogP contribution in [0.4, 0.5) is 11.5 Å². The molecule has 0 spiro atoms. The highest BCUT2D eigenvalue weighted by Crippen LogP contribution is 2.36. The van der Waals surface area contributed by atoms with Gasteiger partial charge in [0.05, 0.1) is 17.0 Å². The average molecular weight is 447 g/mol. The fourth-order valence-corrected chi connectivity index (χ4v) is 4.09. The lowest BCUT2D eigenvalue weighted by atomic mass is 9.92. The van der Waals surface area contributed by atoms with Crippen LogP contribution in [0.1, 0.15) is 57.5 Å². The Morgan fingerprint density at radius 1 is 1.03 bits per heavy atom. The first-order chi connectivity index (χ1) is 15.3. The van der Waals surface area contributed by atoms with E-state index in [9.17, 15) is 0 Å². The van der Waals surface area contributed by atoms with E-state index in [0.29, 0.717) is 5.02 Å². The van der Waals surface area contributed by atoms with E-state index in [2.05, 4.69) is 63.3 Å². The van der Waals surface area contributed by atoms with Crippen LogP contribution >= 0.6 is 11.6 Å². The molecule has 4 aromatic rings. The lowest BCUT2D eigenvalue weighted by molar-refractivity contribution is 0.569. The van der Waals surface area contributed by atoms with Crippen LogP contribution in [0.25, 0.3) is 16.8 Å². The molecule has 2 heterocycles. The topological polar surface area (TPSA) is 42.2 Å². The van der Waals surface area contributed by atoms with Crippen molar-refractivity contribution in [1.29, 1.82) is 0 Å². The third-order valence-corrected chi connectivity index (χ3v) is 6.05. The molecule has 0 aliphatic carbocycles. The molecule has 0 atom stereocenters. The van der Waals surface area contributed by atoms with Crippen LogP contribution in [-0.2, 0) is 11.8 Å². The number of nitrogens with one attached hydrogen (secondary N) is 1. The van der Waals surface area contributed by atoms with Crippen LogP contribution in [0, 0.1) is 6.92 Å². The van der Waals surface area contributed by atoms with Crippen LogP contribution < -0.4 is 5.32 Å². The number of nitrogens with zero attached hydrogens (tertiary/aromatic N) is 3. The number of hydrogen-bond acceptors (Lipinski definition) is 3. The van der Waals surface area contributed by atoms with Gasteiger partial charge in [-0.2, -0.15) is 9.61 Å². The molecule has 0 aliphatic heterocycles. The molecular formula is C27H31ClN4. The van der Waals surface area contributed by atoms with E-state index in [0.717, 1.165) is 46.1 Å². The van der Waals surface area contributed by atoms with E-state index in [4.69, 9.17) is 21.7 Å². The molecule has 0 radical (unpaired) electrons. The summed E-state index contributed by atoms with van der Waals surface area (Å²) < 4.78 is 1.90. The van der Waals surface area contributed by atoms with Crippen molar-refractivity contribution >= 4 is 28.8 Å². The van der Waals surface area contributed by atoms with Crippen molar-refractivity contribution in [3.63, 3.8) is 0 Å². The van der Waals surface area contributed by atoms with Gasteiger partial charge in [-0.25, -0.2) is 4.98 Å². The fourth-order valence-electron chi connectivity index (χ4n) is 3.86. The van der Waals surface area contributed by atoms with Gasteiger partial charge in [0.25, 0.3) is 0 Å². The third-order valence-electron chi connectivity index (χ3n) is 5.72. The molecule has 5 heteroatoms. The first-order valence-corrected chi connectivity index (χ1v) is 11.7. The van der Waals surface area contributed by atoms with Gasteiger partial charge >= 0.3 is 0 Å². The van der Waals surface area contributed by atoms with Crippen molar-refractivity contribution in [3.05, 3.63) is 76.6 Å². The summed E-state index contributed by atoms with van der Waals surface area (Å²) in [4.78, 5) is 5.04. The third kappa shape index (κ3) is 4.51. The number of halogens is 1. The number of hydrogen-bond donors (Lipinski definition) is 1. The summed E-state index contributed by atoms with van der Waals surface area (Å²) in [6, 6.07) is 18.6. The summed E-state index contributed by atoms with van der Waals surface area (Å²) in [5, 5.41) is 9.12. The monoisotopic (exact) mass is 446 g/mol. The number of benzene rings is 2. The van der Waals surface area contributed by atoms with Gasteiger partial charge in [-0.3, -0.25) is 0 Å². The standard InChI is InChI=1S/C27H31ClN4/c1-6-7-10-19-13-15-20(16-14-19)29-24-17-23(27(3,4)5)30-26-25(18(2)31-32(24)26)21-11-8-9-12-22(21)28/h8-9,11-17,29H,6-7,10H2,1-5H3. The van der Waals surface area contributed by atoms with Crippen molar-refractivity contribution in [2.45, 2.75) is 59.3 Å². The van der Waals surface area contributed by atoms with E-state index in [-0.39, 0.29) is 5.41 Å². The lowest BCUT2D eigenvalue weighted by Crippen LogP contribution is -2.16. The van der Waals surface area contributed by atoms with Gasteiger partial charge in [0.2, 0.25) is 0 Å². The maximum absolute atomic E-state index is 6.56. The zero-order valence-corrected chi connectivity index (χ0v) is 20.3. The largest absolute Gasteiger partial charge is 0.340 e. The molecule has 0 fully saturated rings. The van der Waals surface area contributed by atoms with Gasteiger partial charge in [0.1, 0.15) is 5.82 Å². The van der Waals surface area contributed by atoms with Crippen molar-refractivity contribution in [1.82, 2.24) is 14.6 Å².